The van der Waals surface area contributed by atoms with Crippen molar-refractivity contribution in [3.8, 4) is 6.07 Å². The molecule has 0 bridgehead atoms. The molecule has 1 heterocycles. The first-order chi connectivity index (χ1) is 9.51. The molecule has 0 saturated heterocycles. The molecule has 0 saturated carbocycles. The van der Waals surface area contributed by atoms with Gasteiger partial charge in [0.25, 0.3) is 0 Å². The minimum atomic E-state index is -3.80. The van der Waals surface area contributed by atoms with Crippen LogP contribution < -0.4 is 4.72 Å². The van der Waals surface area contributed by atoms with Gasteiger partial charge in [0.2, 0.25) is 10.0 Å². The Morgan fingerprint density at radius 2 is 2.30 bits per heavy atom. The van der Waals surface area contributed by atoms with Gasteiger partial charge in [-0.05, 0) is 25.5 Å². The van der Waals surface area contributed by atoms with Crippen LogP contribution in [0.2, 0.25) is 0 Å². The van der Waals surface area contributed by atoms with Crippen LogP contribution in [0.1, 0.15) is 25.5 Å². The molecular weight excluding hydrogens is 282 g/mol. The van der Waals surface area contributed by atoms with Gasteiger partial charge in [0.1, 0.15) is 11.0 Å². The maximum absolute atomic E-state index is 12.0. The fourth-order valence-corrected chi connectivity index (χ4v) is 2.62. The second kappa shape index (κ2) is 7.57. The van der Waals surface area contributed by atoms with Crippen LogP contribution in [-0.4, -0.2) is 32.5 Å². The van der Waals surface area contributed by atoms with Gasteiger partial charge >= 0.3 is 5.97 Å². The van der Waals surface area contributed by atoms with Gasteiger partial charge in [0, 0.05) is 19.2 Å². The highest BCUT2D eigenvalue weighted by molar-refractivity contribution is 7.89. The van der Waals surface area contributed by atoms with Crippen LogP contribution >= 0.6 is 0 Å². The quantitative estimate of drug-likeness (QED) is 0.582. The van der Waals surface area contributed by atoms with Crippen molar-refractivity contribution in [2.45, 2.75) is 24.7 Å². The number of hydrogen-bond donors (Lipinski definition) is 1. The van der Waals surface area contributed by atoms with Crippen LogP contribution in [-0.2, 0) is 19.6 Å². The van der Waals surface area contributed by atoms with Gasteiger partial charge in [-0.3, -0.25) is 4.79 Å². The van der Waals surface area contributed by atoms with E-state index in [0.717, 1.165) is 0 Å². The molecule has 20 heavy (non-hydrogen) atoms. The maximum Gasteiger partial charge on any atom is 0.305 e. The van der Waals surface area contributed by atoms with Gasteiger partial charge in [-0.1, -0.05) is 0 Å². The van der Waals surface area contributed by atoms with Crippen molar-refractivity contribution in [1.29, 1.82) is 5.26 Å². The van der Waals surface area contributed by atoms with E-state index in [1.54, 1.807) is 13.0 Å². The van der Waals surface area contributed by atoms with Gasteiger partial charge in [-0.2, -0.15) is 5.26 Å². The second-order valence-corrected chi connectivity index (χ2v) is 5.50. The Morgan fingerprint density at radius 3 is 2.95 bits per heavy atom. The first-order valence-electron chi connectivity index (χ1n) is 6.01. The third-order valence-electron chi connectivity index (χ3n) is 2.32. The van der Waals surface area contributed by atoms with Crippen molar-refractivity contribution in [2.75, 3.05) is 13.2 Å². The predicted molar refractivity (Wildman–Crippen MR) is 70.0 cm³/mol. The van der Waals surface area contributed by atoms with Crippen LogP contribution in [0, 0.1) is 11.3 Å². The van der Waals surface area contributed by atoms with Crippen LogP contribution in [0.15, 0.2) is 23.2 Å². The van der Waals surface area contributed by atoms with Crippen molar-refractivity contribution in [2.24, 2.45) is 0 Å². The van der Waals surface area contributed by atoms with E-state index >= 15 is 0 Å². The van der Waals surface area contributed by atoms with E-state index in [1.807, 2.05) is 0 Å². The number of ether oxygens (including phenoxy) is 1. The fraction of sp³-hybridized carbons (Fsp3) is 0.417. The van der Waals surface area contributed by atoms with E-state index in [4.69, 9.17) is 10.00 Å². The zero-order chi connectivity index (χ0) is 15.0. The highest BCUT2D eigenvalue weighted by Crippen LogP contribution is 2.11. The Kier molecular flexibility index (Phi) is 6.09. The Hall–Kier alpha value is -1.98. The number of aromatic nitrogens is 1. The lowest BCUT2D eigenvalue weighted by molar-refractivity contribution is -0.143. The molecule has 0 atom stereocenters. The standard InChI is InChI=1S/C12H15N3O4S/c1-2-19-12(16)6-4-8-15-20(17,18)11-5-3-7-14-10(11)9-13/h3,5,7,15H,2,4,6,8H2,1H3. The van der Waals surface area contributed by atoms with Gasteiger partial charge in [-0.15, -0.1) is 0 Å². The number of pyridine rings is 1. The van der Waals surface area contributed by atoms with Crippen molar-refractivity contribution in [3.63, 3.8) is 0 Å². The molecule has 0 aliphatic heterocycles. The van der Waals surface area contributed by atoms with Crippen LogP contribution in [0.4, 0.5) is 0 Å². The summed E-state index contributed by atoms with van der Waals surface area (Å²) in [6.07, 6.45) is 1.80. The van der Waals surface area contributed by atoms with E-state index in [9.17, 15) is 13.2 Å². The third-order valence-corrected chi connectivity index (χ3v) is 3.81. The number of nitriles is 1. The summed E-state index contributed by atoms with van der Waals surface area (Å²) < 4.78 is 31.0. The first kappa shape index (κ1) is 16.1. The zero-order valence-corrected chi connectivity index (χ0v) is 11.8. The number of rotatable bonds is 7. The first-order valence-corrected chi connectivity index (χ1v) is 7.50. The number of sulfonamides is 1. The summed E-state index contributed by atoms with van der Waals surface area (Å²) in [6.45, 7) is 2.08. The van der Waals surface area contributed by atoms with E-state index in [2.05, 4.69) is 9.71 Å². The molecule has 1 aromatic heterocycles. The number of nitrogens with zero attached hydrogens (tertiary/aromatic N) is 2. The third kappa shape index (κ3) is 4.60. The highest BCUT2D eigenvalue weighted by atomic mass is 32.2. The van der Waals surface area contributed by atoms with Gasteiger partial charge in [0.15, 0.2) is 5.69 Å². The smallest absolute Gasteiger partial charge is 0.305 e. The molecule has 0 radical (unpaired) electrons. The van der Waals surface area contributed by atoms with E-state index in [1.165, 1.54) is 18.3 Å². The van der Waals surface area contributed by atoms with Gasteiger partial charge in [0.05, 0.1) is 6.61 Å². The molecule has 1 N–H and O–H groups in total. The van der Waals surface area contributed by atoms with Crippen molar-refractivity contribution in [3.05, 3.63) is 24.0 Å². The molecule has 0 unspecified atom stereocenters. The second-order valence-electron chi connectivity index (χ2n) is 3.77. The minimum absolute atomic E-state index is 0.0842. The summed E-state index contributed by atoms with van der Waals surface area (Å²) in [5.74, 6) is -0.370. The van der Waals surface area contributed by atoms with Crippen LogP contribution in [0.5, 0.6) is 0 Å². The van der Waals surface area contributed by atoms with Gasteiger partial charge in [-0.25, -0.2) is 18.1 Å². The zero-order valence-electron chi connectivity index (χ0n) is 11.0. The number of nitrogens with one attached hydrogen (secondary N) is 1. The summed E-state index contributed by atoms with van der Waals surface area (Å²) in [5, 5.41) is 8.82. The largest absolute Gasteiger partial charge is 0.466 e. The molecule has 0 aromatic carbocycles. The molecule has 108 valence electrons. The normalized spacial score (nSPS) is 10.8. The molecule has 8 heteroatoms. The molecule has 1 aromatic rings. The van der Waals surface area contributed by atoms with Crippen molar-refractivity contribution >= 4 is 16.0 Å². The molecule has 0 spiro atoms. The lowest BCUT2D eigenvalue weighted by Crippen LogP contribution is -2.26. The Bertz CT molecular complexity index is 607. The van der Waals surface area contributed by atoms with Crippen molar-refractivity contribution < 1.29 is 17.9 Å². The van der Waals surface area contributed by atoms with Gasteiger partial charge < -0.3 is 4.74 Å². The average Bonchev–Trinajstić information content (AvgIpc) is 2.44. The monoisotopic (exact) mass is 297 g/mol. The fourth-order valence-electron chi connectivity index (χ4n) is 1.44. The van der Waals surface area contributed by atoms with E-state index in [0.29, 0.717) is 13.0 Å². The van der Waals surface area contributed by atoms with Crippen molar-refractivity contribution in [1.82, 2.24) is 9.71 Å². The molecule has 0 fully saturated rings. The lowest BCUT2D eigenvalue weighted by atomic mass is 10.3. The molecule has 0 aliphatic rings. The molecule has 0 aliphatic carbocycles. The molecular formula is C12H15N3O4S. The minimum Gasteiger partial charge on any atom is -0.466 e. The molecule has 7 nitrogen and oxygen atoms in total. The number of hydrogen-bond acceptors (Lipinski definition) is 6. The highest BCUT2D eigenvalue weighted by Gasteiger charge is 2.18. The summed E-state index contributed by atoms with van der Waals surface area (Å²) in [5.41, 5.74) is -0.162. The van der Waals surface area contributed by atoms with Crippen LogP contribution in [0.3, 0.4) is 0 Å². The maximum atomic E-state index is 12.0. The lowest BCUT2D eigenvalue weighted by Gasteiger charge is -2.07. The molecule has 1 rings (SSSR count). The number of carbonyl (C=O) groups excluding carboxylic acids is 1. The number of carbonyl (C=O) groups is 1. The Balaban J connectivity index is 2.59. The summed E-state index contributed by atoms with van der Waals surface area (Å²) in [4.78, 5) is 14.6. The summed E-state index contributed by atoms with van der Waals surface area (Å²) >= 11 is 0. The summed E-state index contributed by atoms with van der Waals surface area (Å²) in [6, 6.07) is 4.47. The SMILES string of the molecule is CCOC(=O)CCCNS(=O)(=O)c1cccnc1C#N. The Morgan fingerprint density at radius 1 is 1.55 bits per heavy atom. The Labute approximate surface area is 117 Å². The topological polar surface area (TPSA) is 109 Å². The van der Waals surface area contributed by atoms with E-state index < -0.39 is 10.0 Å². The van der Waals surface area contributed by atoms with E-state index in [-0.39, 0.29) is 29.5 Å². The number of esters is 1. The predicted octanol–water partition coefficient (Wildman–Crippen LogP) is 0.575. The molecule has 0 amide bonds. The average molecular weight is 297 g/mol. The summed E-state index contributed by atoms with van der Waals surface area (Å²) in [7, 11) is -3.80. The van der Waals surface area contributed by atoms with Crippen LogP contribution in [0.25, 0.3) is 0 Å².